The van der Waals surface area contributed by atoms with Gasteiger partial charge in [0.2, 0.25) is 0 Å². The molecule has 0 unspecified atom stereocenters. The number of pyridine rings is 3. The van der Waals surface area contributed by atoms with Gasteiger partial charge >= 0.3 is 0 Å². The molecule has 5 aromatic carbocycles. The molecule has 0 fully saturated rings. The van der Waals surface area contributed by atoms with Gasteiger partial charge in [0.15, 0.2) is 0 Å². The van der Waals surface area contributed by atoms with Crippen molar-refractivity contribution in [1.29, 1.82) is 0 Å². The Morgan fingerprint density at radius 1 is 0.348 bits per heavy atom. The van der Waals surface area contributed by atoms with E-state index in [0.29, 0.717) is 0 Å². The van der Waals surface area contributed by atoms with E-state index in [1.165, 1.54) is 11.1 Å². The van der Waals surface area contributed by atoms with Gasteiger partial charge in [0, 0.05) is 33.3 Å². The molecular formula is C43H31N3. The molecule has 0 atom stereocenters. The lowest BCUT2D eigenvalue weighted by atomic mass is 9.95. The molecule has 3 aromatic heterocycles. The zero-order chi connectivity index (χ0) is 31.0. The number of aryl methyl sites for hydroxylation is 2. The molecule has 3 heteroatoms. The summed E-state index contributed by atoms with van der Waals surface area (Å²) in [4.78, 5) is 14.9. The maximum absolute atomic E-state index is 5.11. The predicted molar refractivity (Wildman–Crippen MR) is 191 cm³/mol. The Balaban J connectivity index is 1.18. The molecule has 0 spiro atoms. The van der Waals surface area contributed by atoms with Crippen LogP contribution in [0.25, 0.3) is 77.7 Å². The van der Waals surface area contributed by atoms with Crippen LogP contribution in [0.5, 0.6) is 0 Å². The Morgan fingerprint density at radius 3 is 1.65 bits per heavy atom. The van der Waals surface area contributed by atoms with Gasteiger partial charge in [-0.05, 0) is 77.6 Å². The second-order valence-electron chi connectivity index (χ2n) is 11.8. The zero-order valence-electron chi connectivity index (χ0n) is 25.8. The molecule has 8 aromatic rings. The first-order valence-corrected chi connectivity index (χ1v) is 15.6. The third-order valence-electron chi connectivity index (χ3n) is 8.60. The van der Waals surface area contributed by atoms with Crippen LogP contribution >= 0.6 is 0 Å². The molecule has 0 saturated heterocycles. The van der Waals surface area contributed by atoms with E-state index in [-0.39, 0.29) is 0 Å². The van der Waals surface area contributed by atoms with Gasteiger partial charge in [-0.2, -0.15) is 0 Å². The van der Waals surface area contributed by atoms with Crippen molar-refractivity contribution >= 4 is 21.8 Å². The summed E-state index contributed by atoms with van der Waals surface area (Å²) >= 11 is 0. The highest BCUT2D eigenvalue weighted by Gasteiger charge is 2.13. The third-order valence-corrected chi connectivity index (χ3v) is 8.60. The van der Waals surface area contributed by atoms with E-state index in [0.717, 1.165) is 78.0 Å². The molecule has 8 rings (SSSR count). The molecule has 218 valence electrons. The second-order valence-corrected chi connectivity index (χ2v) is 11.8. The van der Waals surface area contributed by atoms with Crippen LogP contribution in [0.4, 0.5) is 0 Å². The minimum Gasteiger partial charge on any atom is -0.251 e. The Bertz CT molecular complexity index is 2300. The van der Waals surface area contributed by atoms with Crippen LogP contribution in [0.3, 0.4) is 0 Å². The summed E-state index contributed by atoms with van der Waals surface area (Å²) in [6.45, 7) is 4.09. The molecule has 0 radical (unpaired) electrons. The van der Waals surface area contributed by atoms with Crippen molar-refractivity contribution in [2.24, 2.45) is 0 Å². The molecule has 0 amide bonds. The van der Waals surface area contributed by atoms with Gasteiger partial charge in [-0.3, -0.25) is 9.97 Å². The molecule has 0 aliphatic rings. The van der Waals surface area contributed by atoms with Gasteiger partial charge in [0.1, 0.15) is 0 Å². The minimum atomic E-state index is 0.950. The van der Waals surface area contributed by atoms with Crippen molar-refractivity contribution in [1.82, 2.24) is 15.0 Å². The van der Waals surface area contributed by atoms with E-state index in [4.69, 9.17) is 15.0 Å². The highest BCUT2D eigenvalue weighted by molar-refractivity contribution is 6.08. The zero-order valence-corrected chi connectivity index (χ0v) is 25.8. The summed E-state index contributed by atoms with van der Waals surface area (Å²) in [7, 11) is 0. The van der Waals surface area contributed by atoms with Crippen molar-refractivity contribution in [3.05, 3.63) is 163 Å². The van der Waals surface area contributed by atoms with E-state index in [9.17, 15) is 0 Å². The molecule has 0 saturated carbocycles. The maximum Gasteiger partial charge on any atom is 0.0974 e. The topological polar surface area (TPSA) is 38.7 Å². The second kappa shape index (κ2) is 11.5. The lowest BCUT2D eigenvalue weighted by Gasteiger charge is -2.13. The highest BCUT2D eigenvalue weighted by Crippen LogP contribution is 2.35. The van der Waals surface area contributed by atoms with Crippen molar-refractivity contribution < 1.29 is 0 Å². The molecule has 3 nitrogen and oxygen atoms in total. The average Bonchev–Trinajstić information content (AvgIpc) is 3.12. The Hall–Kier alpha value is -5.93. The first-order valence-electron chi connectivity index (χ1n) is 15.6. The lowest BCUT2D eigenvalue weighted by Crippen LogP contribution is -1.93. The van der Waals surface area contributed by atoms with Gasteiger partial charge in [0.25, 0.3) is 0 Å². The van der Waals surface area contributed by atoms with E-state index in [1.807, 2.05) is 13.0 Å². The van der Waals surface area contributed by atoms with Gasteiger partial charge in [-0.25, -0.2) is 4.98 Å². The van der Waals surface area contributed by atoms with Crippen LogP contribution in [0, 0.1) is 13.8 Å². The molecule has 0 bridgehead atoms. The smallest absolute Gasteiger partial charge is 0.0974 e. The highest BCUT2D eigenvalue weighted by atomic mass is 14.8. The van der Waals surface area contributed by atoms with Gasteiger partial charge in [-0.15, -0.1) is 0 Å². The number of rotatable bonds is 5. The van der Waals surface area contributed by atoms with Crippen LogP contribution in [-0.4, -0.2) is 15.0 Å². The number of hydrogen-bond donors (Lipinski definition) is 0. The predicted octanol–water partition coefficient (Wildman–Crippen LogP) is 11.1. The van der Waals surface area contributed by atoms with Crippen molar-refractivity contribution in [2.45, 2.75) is 13.8 Å². The fourth-order valence-electron chi connectivity index (χ4n) is 6.27. The lowest BCUT2D eigenvalue weighted by molar-refractivity contribution is 1.23. The van der Waals surface area contributed by atoms with Crippen LogP contribution in [-0.2, 0) is 0 Å². The molecule has 0 aliphatic carbocycles. The van der Waals surface area contributed by atoms with Crippen LogP contribution in [0.1, 0.15) is 11.4 Å². The Labute approximate surface area is 268 Å². The molecule has 0 N–H and O–H groups in total. The summed E-state index contributed by atoms with van der Waals surface area (Å²) in [5, 5.41) is 2.22. The molecular weight excluding hydrogens is 558 g/mol. The third kappa shape index (κ3) is 5.22. The van der Waals surface area contributed by atoms with E-state index in [2.05, 4.69) is 153 Å². The molecule has 3 heterocycles. The summed E-state index contributed by atoms with van der Waals surface area (Å²) in [6.07, 6.45) is 0. The normalized spacial score (nSPS) is 11.3. The van der Waals surface area contributed by atoms with E-state index >= 15 is 0 Å². The largest absolute Gasteiger partial charge is 0.251 e. The standard InChI is InChI=1S/C43H31N3/c1-28-16-17-34-22-23-38-39(24-29(2)45-43(38)42(34)44-28)36-15-9-14-35(25-36)31-18-20-33(21-19-31)41-27-37(30-10-5-3-6-11-30)26-40(46-41)32-12-7-4-8-13-32/h3-27H,1-2H3. The van der Waals surface area contributed by atoms with Gasteiger partial charge in [0.05, 0.1) is 22.4 Å². The van der Waals surface area contributed by atoms with Crippen LogP contribution < -0.4 is 0 Å². The van der Waals surface area contributed by atoms with Crippen molar-refractivity contribution in [3.63, 3.8) is 0 Å². The van der Waals surface area contributed by atoms with Crippen molar-refractivity contribution in [2.75, 3.05) is 0 Å². The van der Waals surface area contributed by atoms with Crippen molar-refractivity contribution in [3.8, 4) is 55.9 Å². The molecule has 0 aliphatic heterocycles. The summed E-state index contributed by atoms with van der Waals surface area (Å²) in [5.41, 5.74) is 15.0. The van der Waals surface area contributed by atoms with E-state index in [1.54, 1.807) is 0 Å². The first-order chi connectivity index (χ1) is 22.6. The fraction of sp³-hybridized carbons (Fsp3) is 0.0465. The van der Waals surface area contributed by atoms with Crippen LogP contribution in [0.2, 0.25) is 0 Å². The summed E-state index contributed by atoms with van der Waals surface area (Å²) in [5.74, 6) is 0. The first kappa shape index (κ1) is 27.6. The van der Waals surface area contributed by atoms with Gasteiger partial charge < -0.3 is 0 Å². The number of nitrogens with zero attached hydrogens (tertiary/aromatic N) is 3. The molecule has 46 heavy (non-hydrogen) atoms. The van der Waals surface area contributed by atoms with E-state index < -0.39 is 0 Å². The Kier molecular flexibility index (Phi) is 6.92. The maximum atomic E-state index is 5.11. The number of aromatic nitrogens is 3. The quantitative estimate of drug-likeness (QED) is 0.187. The minimum absolute atomic E-state index is 0.950. The average molecular weight is 590 g/mol. The van der Waals surface area contributed by atoms with Gasteiger partial charge in [-0.1, -0.05) is 121 Å². The number of fused-ring (bicyclic) bond motifs is 3. The number of hydrogen-bond acceptors (Lipinski definition) is 3. The summed E-state index contributed by atoms with van der Waals surface area (Å²) in [6, 6.07) is 53.5. The summed E-state index contributed by atoms with van der Waals surface area (Å²) < 4.78 is 0. The fourth-order valence-corrected chi connectivity index (χ4v) is 6.27. The monoisotopic (exact) mass is 589 g/mol. The SMILES string of the molecule is Cc1ccc2ccc3c(-c4cccc(-c5ccc(-c6cc(-c7ccccc7)cc(-c7ccccc7)n6)cc5)c4)cc(C)nc3c2n1. The van der Waals surface area contributed by atoms with Crippen LogP contribution in [0.15, 0.2) is 152 Å². The number of benzene rings is 5. The Morgan fingerprint density at radius 2 is 0.913 bits per heavy atom.